The summed E-state index contributed by atoms with van der Waals surface area (Å²) in [6.45, 7) is 6.54. The Morgan fingerprint density at radius 1 is 1.13 bits per heavy atom. The average Bonchev–Trinajstić information content (AvgIpc) is 3.58. The second kappa shape index (κ2) is 8.15. The van der Waals surface area contributed by atoms with Crippen molar-refractivity contribution in [2.75, 3.05) is 26.3 Å². The monoisotopic (exact) mass is 428 g/mol. The minimum atomic E-state index is 0.0482. The van der Waals surface area contributed by atoms with Gasteiger partial charge < -0.3 is 14.0 Å². The van der Waals surface area contributed by atoms with Gasteiger partial charge in [-0.3, -0.25) is 9.69 Å². The highest BCUT2D eigenvalue weighted by atomic mass is 32.1. The Morgan fingerprint density at radius 2 is 1.87 bits per heavy atom. The summed E-state index contributed by atoms with van der Waals surface area (Å²) in [5.41, 5.74) is 0.718. The van der Waals surface area contributed by atoms with Crippen molar-refractivity contribution in [1.82, 2.24) is 19.2 Å². The van der Waals surface area contributed by atoms with E-state index in [-0.39, 0.29) is 11.7 Å². The van der Waals surface area contributed by atoms with E-state index in [1.165, 1.54) is 12.8 Å². The van der Waals surface area contributed by atoms with Crippen molar-refractivity contribution in [3.8, 4) is 11.5 Å². The van der Waals surface area contributed by atoms with Gasteiger partial charge in [-0.05, 0) is 63.0 Å². The number of nitrogens with zero attached hydrogens (tertiary/aromatic N) is 4. The molecule has 1 aliphatic carbocycles. The molecule has 3 heterocycles. The van der Waals surface area contributed by atoms with Crippen LogP contribution in [0, 0.1) is 10.7 Å². The van der Waals surface area contributed by atoms with Crippen LogP contribution in [0.25, 0.3) is 0 Å². The maximum absolute atomic E-state index is 13.0. The molecule has 0 spiro atoms. The first kappa shape index (κ1) is 19.8. The zero-order chi connectivity index (χ0) is 20.7. The van der Waals surface area contributed by atoms with Crippen LogP contribution in [-0.4, -0.2) is 51.3 Å². The fraction of sp³-hybridized carbons (Fsp3) is 0.591. The van der Waals surface area contributed by atoms with Crippen molar-refractivity contribution in [3.63, 3.8) is 0 Å². The summed E-state index contributed by atoms with van der Waals surface area (Å²) in [4.78, 5) is 15.4. The largest absolute Gasteiger partial charge is 0.486 e. The number of piperidine rings is 1. The summed E-state index contributed by atoms with van der Waals surface area (Å²) in [5.74, 6) is 3.38. The van der Waals surface area contributed by atoms with Crippen LogP contribution >= 0.6 is 12.2 Å². The molecule has 8 heteroatoms. The van der Waals surface area contributed by atoms with Crippen LogP contribution in [0.4, 0.5) is 0 Å². The van der Waals surface area contributed by atoms with Gasteiger partial charge in [-0.15, -0.1) is 0 Å². The first-order chi connectivity index (χ1) is 14.6. The lowest BCUT2D eigenvalue weighted by Crippen LogP contribution is -2.37. The van der Waals surface area contributed by atoms with E-state index < -0.39 is 0 Å². The van der Waals surface area contributed by atoms with Crippen LogP contribution in [0.5, 0.6) is 11.5 Å². The molecule has 1 saturated heterocycles. The topological polar surface area (TPSA) is 61.5 Å². The van der Waals surface area contributed by atoms with Crippen molar-refractivity contribution < 1.29 is 14.3 Å². The zero-order valence-corrected chi connectivity index (χ0v) is 18.2. The lowest BCUT2D eigenvalue weighted by atomic mass is 9.89. The fourth-order valence-corrected chi connectivity index (χ4v) is 4.77. The van der Waals surface area contributed by atoms with Crippen LogP contribution < -0.4 is 9.47 Å². The van der Waals surface area contributed by atoms with E-state index in [9.17, 15) is 4.79 Å². The van der Waals surface area contributed by atoms with E-state index in [0.29, 0.717) is 31.5 Å². The van der Waals surface area contributed by atoms with Crippen LogP contribution in [0.1, 0.15) is 54.7 Å². The van der Waals surface area contributed by atoms with E-state index in [4.69, 9.17) is 26.8 Å². The number of aromatic nitrogens is 3. The molecule has 0 unspecified atom stereocenters. The van der Waals surface area contributed by atoms with Gasteiger partial charge in [-0.1, -0.05) is 0 Å². The van der Waals surface area contributed by atoms with Gasteiger partial charge in [-0.2, -0.15) is 5.10 Å². The van der Waals surface area contributed by atoms with Gasteiger partial charge in [-0.25, -0.2) is 4.68 Å². The molecular weight excluding hydrogens is 400 g/mol. The average molecular weight is 429 g/mol. The van der Waals surface area contributed by atoms with Crippen LogP contribution in [-0.2, 0) is 13.2 Å². The first-order valence-corrected chi connectivity index (χ1v) is 11.4. The van der Waals surface area contributed by atoms with Crippen molar-refractivity contribution in [3.05, 3.63) is 34.4 Å². The quantitative estimate of drug-likeness (QED) is 0.517. The van der Waals surface area contributed by atoms with E-state index in [1.54, 1.807) is 0 Å². The highest BCUT2D eigenvalue weighted by molar-refractivity contribution is 7.71. The lowest BCUT2D eigenvalue weighted by molar-refractivity contribution is 0.0802. The number of Topliss-reactive ketones (excluding diaryl/α,β-unsaturated/α-hetero) is 1. The summed E-state index contributed by atoms with van der Waals surface area (Å²) < 4.78 is 16.1. The molecule has 1 aromatic carbocycles. The molecule has 0 N–H and O–H groups in total. The molecule has 0 atom stereocenters. The second-order valence-electron chi connectivity index (χ2n) is 8.42. The molecule has 30 heavy (non-hydrogen) atoms. The molecule has 5 rings (SSSR count). The summed E-state index contributed by atoms with van der Waals surface area (Å²) in [6.07, 6.45) is 4.15. The number of ketones is 1. The zero-order valence-electron chi connectivity index (χ0n) is 17.4. The maximum atomic E-state index is 13.0. The number of fused-ring (bicyclic) bond motifs is 1. The molecule has 1 saturated carbocycles. The third kappa shape index (κ3) is 3.78. The van der Waals surface area contributed by atoms with Gasteiger partial charge in [0.2, 0.25) is 0 Å². The highest BCUT2D eigenvalue weighted by Crippen LogP contribution is 2.39. The Balaban J connectivity index is 1.22. The van der Waals surface area contributed by atoms with E-state index in [0.717, 1.165) is 54.4 Å². The molecule has 0 radical (unpaired) electrons. The molecule has 1 aromatic heterocycles. The van der Waals surface area contributed by atoms with Crippen molar-refractivity contribution >= 4 is 18.0 Å². The van der Waals surface area contributed by atoms with Crippen molar-refractivity contribution in [2.45, 2.75) is 51.7 Å². The molecule has 160 valence electrons. The molecular formula is C22H28N4O3S. The number of rotatable bonds is 6. The summed E-state index contributed by atoms with van der Waals surface area (Å²) in [7, 11) is 0. The SMILES string of the molecule is CCn1c(C2CC2)nn(CN2CCC(C(=O)c3ccc4c(c3)OCCO4)CC2)c1=S. The van der Waals surface area contributed by atoms with Crippen LogP contribution in [0.3, 0.4) is 0 Å². The second-order valence-corrected chi connectivity index (χ2v) is 8.78. The Morgan fingerprint density at radius 3 is 2.57 bits per heavy atom. The predicted molar refractivity (Wildman–Crippen MR) is 115 cm³/mol. The standard InChI is InChI=1S/C22H28N4O3S/c1-2-25-21(16-3-4-16)23-26(22(25)30)14-24-9-7-15(8-10-24)20(27)17-5-6-18-19(13-17)29-12-11-28-18/h5-6,13,15-16H,2-4,7-12,14H2,1H3. The Kier molecular flexibility index (Phi) is 5.37. The first-order valence-electron chi connectivity index (χ1n) is 11.0. The fourth-order valence-electron chi connectivity index (χ4n) is 4.45. The van der Waals surface area contributed by atoms with E-state index in [1.807, 2.05) is 22.9 Å². The predicted octanol–water partition coefficient (Wildman–Crippen LogP) is 3.63. The number of likely N-dealkylation sites (tertiary alicyclic amines) is 1. The molecule has 0 bridgehead atoms. The number of ether oxygens (including phenoxy) is 2. The Hall–Kier alpha value is -2.19. The number of hydrogen-bond acceptors (Lipinski definition) is 6. The summed E-state index contributed by atoms with van der Waals surface area (Å²) in [5, 5.41) is 4.82. The van der Waals surface area contributed by atoms with Crippen molar-refractivity contribution in [1.29, 1.82) is 0 Å². The van der Waals surface area contributed by atoms with Gasteiger partial charge in [0.15, 0.2) is 22.1 Å². The number of carbonyl (C=O) groups excluding carboxylic acids is 1. The third-order valence-electron chi connectivity index (χ3n) is 6.33. The summed E-state index contributed by atoms with van der Waals surface area (Å²) in [6, 6.07) is 5.54. The summed E-state index contributed by atoms with van der Waals surface area (Å²) >= 11 is 5.67. The van der Waals surface area contributed by atoms with Gasteiger partial charge in [0.05, 0.1) is 6.67 Å². The van der Waals surface area contributed by atoms with E-state index in [2.05, 4.69) is 16.4 Å². The molecule has 2 aromatic rings. The number of benzene rings is 1. The maximum Gasteiger partial charge on any atom is 0.199 e. The van der Waals surface area contributed by atoms with Gasteiger partial charge in [0, 0.05) is 37.0 Å². The minimum absolute atomic E-state index is 0.0482. The molecule has 0 amide bonds. The minimum Gasteiger partial charge on any atom is -0.486 e. The number of hydrogen-bond donors (Lipinski definition) is 0. The molecule has 2 fully saturated rings. The highest BCUT2D eigenvalue weighted by Gasteiger charge is 2.31. The van der Waals surface area contributed by atoms with Crippen molar-refractivity contribution in [2.24, 2.45) is 5.92 Å². The van der Waals surface area contributed by atoms with Gasteiger partial charge >= 0.3 is 0 Å². The molecule has 7 nitrogen and oxygen atoms in total. The number of carbonyl (C=O) groups is 1. The third-order valence-corrected chi connectivity index (χ3v) is 6.76. The van der Waals surface area contributed by atoms with Crippen LogP contribution in [0.2, 0.25) is 0 Å². The molecule has 3 aliphatic rings. The van der Waals surface area contributed by atoms with E-state index >= 15 is 0 Å². The van der Waals surface area contributed by atoms with Crippen LogP contribution in [0.15, 0.2) is 18.2 Å². The smallest absolute Gasteiger partial charge is 0.199 e. The normalized spacial score (nSPS) is 19.8. The Bertz CT molecular complexity index is 1000. The Labute approximate surface area is 181 Å². The van der Waals surface area contributed by atoms with Gasteiger partial charge in [0.1, 0.15) is 19.0 Å². The molecule has 2 aliphatic heterocycles. The van der Waals surface area contributed by atoms with Gasteiger partial charge in [0.25, 0.3) is 0 Å². The lowest BCUT2D eigenvalue weighted by Gasteiger charge is -2.31.